The zero-order chi connectivity index (χ0) is 18.7. The molecule has 1 heterocycles. The Kier molecular flexibility index (Phi) is 4.85. The van der Waals surface area contributed by atoms with Crippen LogP contribution in [0.2, 0.25) is 0 Å². The Bertz CT molecular complexity index is 1040. The van der Waals surface area contributed by atoms with Crippen LogP contribution in [0, 0.1) is 25.2 Å². The van der Waals surface area contributed by atoms with Crippen molar-refractivity contribution < 1.29 is 9.53 Å². The summed E-state index contributed by atoms with van der Waals surface area (Å²) in [7, 11) is 0. The SMILES string of the molecule is CCOC(=O)c1cnc2c(C#N)cccc2c1Nc1ccc(C)cc1C. The number of benzene rings is 2. The van der Waals surface area contributed by atoms with Gasteiger partial charge in [0.2, 0.25) is 0 Å². The number of carbonyl (C=O) groups excluding carboxylic acids is 1. The molecule has 0 aliphatic heterocycles. The van der Waals surface area contributed by atoms with E-state index in [1.54, 1.807) is 19.1 Å². The van der Waals surface area contributed by atoms with Gasteiger partial charge in [-0.25, -0.2) is 4.79 Å². The molecule has 26 heavy (non-hydrogen) atoms. The highest BCUT2D eigenvalue weighted by atomic mass is 16.5. The van der Waals surface area contributed by atoms with Crippen LogP contribution in [0.3, 0.4) is 0 Å². The summed E-state index contributed by atoms with van der Waals surface area (Å²) in [6.45, 7) is 6.07. The molecule has 130 valence electrons. The van der Waals surface area contributed by atoms with Gasteiger partial charge in [-0.3, -0.25) is 4.98 Å². The van der Waals surface area contributed by atoms with Crippen molar-refractivity contribution >= 4 is 28.2 Å². The Hall–Kier alpha value is -3.39. The standard InChI is InChI=1S/C21H19N3O2/c1-4-26-21(25)17-12-23-19-15(11-22)6-5-7-16(19)20(17)24-18-9-8-13(2)10-14(18)3/h5-10,12H,4H2,1-3H3,(H,23,24). The normalized spacial score (nSPS) is 10.4. The molecule has 1 aromatic heterocycles. The van der Waals surface area contributed by atoms with E-state index in [0.29, 0.717) is 27.7 Å². The van der Waals surface area contributed by atoms with Crippen LogP contribution >= 0.6 is 0 Å². The number of rotatable bonds is 4. The van der Waals surface area contributed by atoms with Gasteiger partial charge in [0.15, 0.2) is 0 Å². The zero-order valence-electron chi connectivity index (χ0n) is 15.0. The molecule has 0 saturated heterocycles. The third kappa shape index (κ3) is 3.22. The summed E-state index contributed by atoms with van der Waals surface area (Å²) in [6.07, 6.45) is 1.47. The maximum absolute atomic E-state index is 12.4. The van der Waals surface area contributed by atoms with E-state index < -0.39 is 5.97 Å². The molecule has 0 radical (unpaired) electrons. The fourth-order valence-corrected chi connectivity index (χ4v) is 2.90. The number of esters is 1. The van der Waals surface area contributed by atoms with Crippen LogP contribution in [0.1, 0.15) is 34.0 Å². The minimum absolute atomic E-state index is 0.276. The van der Waals surface area contributed by atoms with Crippen molar-refractivity contribution in [2.24, 2.45) is 0 Å². The quantitative estimate of drug-likeness (QED) is 0.697. The van der Waals surface area contributed by atoms with Crippen molar-refractivity contribution in [3.05, 3.63) is 64.8 Å². The number of ether oxygens (including phenoxy) is 1. The Morgan fingerprint density at radius 1 is 1.27 bits per heavy atom. The average Bonchev–Trinajstić information content (AvgIpc) is 2.63. The zero-order valence-corrected chi connectivity index (χ0v) is 15.0. The van der Waals surface area contributed by atoms with Gasteiger partial charge in [0.05, 0.1) is 23.4 Å². The molecule has 0 bridgehead atoms. The minimum atomic E-state index is -0.448. The maximum Gasteiger partial charge on any atom is 0.341 e. The third-order valence-electron chi connectivity index (χ3n) is 4.15. The summed E-state index contributed by atoms with van der Waals surface area (Å²) in [5.41, 5.74) is 5.05. The van der Waals surface area contributed by atoms with E-state index in [4.69, 9.17) is 4.74 Å². The second kappa shape index (κ2) is 7.24. The summed E-state index contributed by atoms with van der Waals surface area (Å²) in [6, 6.07) is 13.5. The predicted molar refractivity (Wildman–Crippen MR) is 102 cm³/mol. The molecule has 0 unspecified atom stereocenters. The van der Waals surface area contributed by atoms with Crippen molar-refractivity contribution in [1.82, 2.24) is 4.98 Å². The first-order chi connectivity index (χ1) is 12.5. The van der Waals surface area contributed by atoms with E-state index in [1.807, 2.05) is 32.0 Å². The van der Waals surface area contributed by atoms with Crippen LogP contribution in [-0.2, 0) is 4.74 Å². The smallest absolute Gasteiger partial charge is 0.341 e. The molecule has 0 saturated carbocycles. The molecule has 3 aromatic rings. The topological polar surface area (TPSA) is 75.0 Å². The van der Waals surface area contributed by atoms with Crippen LogP contribution in [0.4, 0.5) is 11.4 Å². The van der Waals surface area contributed by atoms with E-state index in [0.717, 1.165) is 16.8 Å². The van der Waals surface area contributed by atoms with E-state index in [2.05, 4.69) is 22.4 Å². The Morgan fingerprint density at radius 3 is 2.77 bits per heavy atom. The molecule has 3 rings (SSSR count). The van der Waals surface area contributed by atoms with Gasteiger partial charge in [-0.1, -0.05) is 29.8 Å². The van der Waals surface area contributed by atoms with Crippen LogP contribution in [0.15, 0.2) is 42.6 Å². The minimum Gasteiger partial charge on any atom is -0.462 e. The molecule has 2 aromatic carbocycles. The van der Waals surface area contributed by atoms with Crippen molar-refractivity contribution in [2.45, 2.75) is 20.8 Å². The fourth-order valence-electron chi connectivity index (χ4n) is 2.90. The molecular weight excluding hydrogens is 326 g/mol. The predicted octanol–water partition coefficient (Wildman–Crippen LogP) is 4.64. The van der Waals surface area contributed by atoms with E-state index in [9.17, 15) is 10.1 Å². The number of para-hydroxylation sites is 1. The van der Waals surface area contributed by atoms with Gasteiger partial charge in [0, 0.05) is 17.3 Å². The number of nitrogens with zero attached hydrogens (tertiary/aromatic N) is 2. The van der Waals surface area contributed by atoms with E-state index in [1.165, 1.54) is 6.20 Å². The number of carbonyl (C=O) groups is 1. The summed E-state index contributed by atoms with van der Waals surface area (Å²) in [5.74, 6) is -0.448. The molecule has 0 amide bonds. The highest BCUT2D eigenvalue weighted by Gasteiger charge is 2.18. The highest BCUT2D eigenvalue weighted by molar-refractivity contribution is 6.07. The van der Waals surface area contributed by atoms with Gasteiger partial charge in [0.1, 0.15) is 11.6 Å². The fraction of sp³-hybridized carbons (Fsp3) is 0.190. The van der Waals surface area contributed by atoms with Crippen LogP contribution in [0.25, 0.3) is 10.9 Å². The largest absolute Gasteiger partial charge is 0.462 e. The summed E-state index contributed by atoms with van der Waals surface area (Å²) in [4.78, 5) is 16.8. The van der Waals surface area contributed by atoms with E-state index in [-0.39, 0.29) is 6.61 Å². The first kappa shape index (κ1) is 17.4. The molecular formula is C21H19N3O2. The average molecular weight is 345 g/mol. The van der Waals surface area contributed by atoms with Gasteiger partial charge >= 0.3 is 5.97 Å². The number of pyridine rings is 1. The van der Waals surface area contributed by atoms with Crippen LogP contribution < -0.4 is 5.32 Å². The van der Waals surface area contributed by atoms with Crippen molar-refractivity contribution in [1.29, 1.82) is 5.26 Å². The molecule has 0 spiro atoms. The number of anilines is 2. The van der Waals surface area contributed by atoms with Gasteiger partial charge in [0.25, 0.3) is 0 Å². The van der Waals surface area contributed by atoms with Gasteiger partial charge < -0.3 is 10.1 Å². The number of aromatic nitrogens is 1. The number of hydrogen-bond donors (Lipinski definition) is 1. The lowest BCUT2D eigenvalue weighted by Crippen LogP contribution is -2.10. The summed E-state index contributed by atoms with van der Waals surface area (Å²) in [5, 5.41) is 13.4. The molecule has 0 aliphatic rings. The lowest BCUT2D eigenvalue weighted by atomic mass is 10.0. The second-order valence-corrected chi connectivity index (χ2v) is 6.02. The summed E-state index contributed by atoms with van der Waals surface area (Å²) < 4.78 is 5.18. The number of hydrogen-bond acceptors (Lipinski definition) is 5. The monoisotopic (exact) mass is 345 g/mol. The molecule has 1 N–H and O–H groups in total. The number of nitriles is 1. The molecule has 0 aliphatic carbocycles. The second-order valence-electron chi connectivity index (χ2n) is 6.02. The van der Waals surface area contributed by atoms with Gasteiger partial charge in [-0.15, -0.1) is 0 Å². The highest BCUT2D eigenvalue weighted by Crippen LogP contribution is 2.32. The van der Waals surface area contributed by atoms with Crippen molar-refractivity contribution in [2.75, 3.05) is 11.9 Å². The summed E-state index contributed by atoms with van der Waals surface area (Å²) >= 11 is 0. The van der Waals surface area contributed by atoms with Crippen molar-refractivity contribution in [3.8, 4) is 6.07 Å². The van der Waals surface area contributed by atoms with Gasteiger partial charge in [-0.2, -0.15) is 5.26 Å². The number of aryl methyl sites for hydroxylation is 2. The lowest BCUT2D eigenvalue weighted by molar-refractivity contribution is 0.0527. The Labute approximate surface area is 152 Å². The Morgan fingerprint density at radius 2 is 2.08 bits per heavy atom. The number of fused-ring (bicyclic) bond motifs is 1. The first-order valence-corrected chi connectivity index (χ1v) is 8.38. The van der Waals surface area contributed by atoms with Gasteiger partial charge in [-0.05, 0) is 38.5 Å². The van der Waals surface area contributed by atoms with Crippen LogP contribution in [-0.4, -0.2) is 17.6 Å². The Balaban J connectivity index is 2.23. The van der Waals surface area contributed by atoms with E-state index >= 15 is 0 Å². The molecule has 5 nitrogen and oxygen atoms in total. The third-order valence-corrected chi connectivity index (χ3v) is 4.15. The number of nitrogens with one attached hydrogen (secondary N) is 1. The lowest BCUT2D eigenvalue weighted by Gasteiger charge is -2.16. The molecule has 0 atom stereocenters. The van der Waals surface area contributed by atoms with Crippen LogP contribution in [0.5, 0.6) is 0 Å². The van der Waals surface area contributed by atoms with Crippen molar-refractivity contribution in [3.63, 3.8) is 0 Å². The first-order valence-electron chi connectivity index (χ1n) is 8.38. The molecule has 5 heteroatoms. The maximum atomic E-state index is 12.4. The molecule has 0 fully saturated rings.